The lowest BCUT2D eigenvalue weighted by Gasteiger charge is -2.35. The van der Waals surface area contributed by atoms with Crippen LogP contribution in [-0.2, 0) is 4.79 Å². The van der Waals surface area contributed by atoms with Crippen molar-refractivity contribution in [2.24, 2.45) is 0 Å². The molecule has 4 rings (SSSR count). The third kappa shape index (κ3) is 3.36. The largest absolute Gasteiger partial charge is 0.468 e. The Hall–Kier alpha value is -2.64. The number of hydrogen-bond acceptors (Lipinski definition) is 5. The molecule has 0 bridgehead atoms. The average molecular weight is 354 g/mol. The van der Waals surface area contributed by atoms with Crippen molar-refractivity contribution in [2.75, 3.05) is 26.2 Å². The standard InChI is InChI=1S/C19H22N4O3/c24-18(14-5-2-1-3-6-14)22-8-10-23(11-9-22)19(25)16-13-15(20-21-16)17-7-4-12-26-17/h1-7,12,15-16,20-21H,8-11,13H2. The molecule has 3 heterocycles. The molecule has 2 aromatic rings. The summed E-state index contributed by atoms with van der Waals surface area (Å²) in [5.74, 6) is 0.917. The average Bonchev–Trinajstić information content (AvgIpc) is 3.39. The number of nitrogens with zero attached hydrogens (tertiary/aromatic N) is 2. The van der Waals surface area contributed by atoms with E-state index in [1.54, 1.807) is 6.26 Å². The molecule has 0 spiro atoms. The molecule has 26 heavy (non-hydrogen) atoms. The summed E-state index contributed by atoms with van der Waals surface area (Å²) < 4.78 is 5.40. The van der Waals surface area contributed by atoms with E-state index >= 15 is 0 Å². The van der Waals surface area contributed by atoms with Crippen LogP contribution in [0.2, 0.25) is 0 Å². The second-order valence-electron chi connectivity index (χ2n) is 6.63. The lowest BCUT2D eigenvalue weighted by atomic mass is 10.1. The molecule has 2 aliphatic heterocycles. The van der Waals surface area contributed by atoms with Crippen LogP contribution in [0.5, 0.6) is 0 Å². The molecule has 2 atom stereocenters. The summed E-state index contributed by atoms with van der Waals surface area (Å²) in [5.41, 5.74) is 6.88. The molecule has 1 aromatic heterocycles. The number of hydrogen-bond donors (Lipinski definition) is 2. The van der Waals surface area contributed by atoms with Crippen LogP contribution in [0.15, 0.2) is 53.1 Å². The molecule has 0 aliphatic carbocycles. The summed E-state index contributed by atoms with van der Waals surface area (Å²) in [6.07, 6.45) is 2.28. The van der Waals surface area contributed by atoms with Gasteiger partial charge in [0.2, 0.25) is 5.91 Å². The van der Waals surface area contributed by atoms with Gasteiger partial charge in [0, 0.05) is 31.7 Å². The molecule has 0 saturated carbocycles. The van der Waals surface area contributed by atoms with Crippen LogP contribution < -0.4 is 10.9 Å². The molecule has 7 heteroatoms. The minimum Gasteiger partial charge on any atom is -0.468 e. The molecule has 2 aliphatic rings. The third-order valence-corrected chi connectivity index (χ3v) is 4.99. The maximum absolute atomic E-state index is 12.8. The van der Waals surface area contributed by atoms with Gasteiger partial charge in [0.05, 0.1) is 12.3 Å². The van der Waals surface area contributed by atoms with Gasteiger partial charge in [0.25, 0.3) is 5.91 Å². The Balaban J connectivity index is 1.31. The Bertz CT molecular complexity index is 754. The Morgan fingerprint density at radius 1 is 0.923 bits per heavy atom. The number of furan rings is 1. The van der Waals surface area contributed by atoms with Crippen molar-refractivity contribution in [3.63, 3.8) is 0 Å². The smallest absolute Gasteiger partial charge is 0.253 e. The maximum Gasteiger partial charge on any atom is 0.253 e. The van der Waals surface area contributed by atoms with E-state index in [-0.39, 0.29) is 23.9 Å². The van der Waals surface area contributed by atoms with Gasteiger partial charge >= 0.3 is 0 Å². The van der Waals surface area contributed by atoms with Crippen LogP contribution in [-0.4, -0.2) is 53.8 Å². The number of piperazine rings is 1. The highest BCUT2D eigenvalue weighted by Gasteiger charge is 2.35. The maximum atomic E-state index is 12.8. The van der Waals surface area contributed by atoms with Crippen LogP contribution in [0, 0.1) is 0 Å². The summed E-state index contributed by atoms with van der Waals surface area (Å²) >= 11 is 0. The fourth-order valence-electron chi connectivity index (χ4n) is 3.51. The summed E-state index contributed by atoms with van der Waals surface area (Å²) in [5, 5.41) is 0. The molecule has 2 N–H and O–H groups in total. The zero-order valence-corrected chi connectivity index (χ0v) is 14.4. The second-order valence-corrected chi connectivity index (χ2v) is 6.63. The quantitative estimate of drug-likeness (QED) is 0.865. The zero-order valence-electron chi connectivity index (χ0n) is 14.4. The van der Waals surface area contributed by atoms with E-state index in [4.69, 9.17) is 4.42 Å². The number of carbonyl (C=O) groups is 2. The molecular formula is C19H22N4O3. The first-order valence-corrected chi connectivity index (χ1v) is 8.90. The van der Waals surface area contributed by atoms with Crippen molar-refractivity contribution in [1.82, 2.24) is 20.7 Å². The van der Waals surface area contributed by atoms with E-state index in [2.05, 4.69) is 10.9 Å². The van der Waals surface area contributed by atoms with Gasteiger partial charge in [0.1, 0.15) is 11.8 Å². The zero-order chi connectivity index (χ0) is 17.9. The fourth-order valence-corrected chi connectivity index (χ4v) is 3.51. The Kier molecular flexibility index (Phi) is 4.73. The highest BCUT2D eigenvalue weighted by Crippen LogP contribution is 2.23. The van der Waals surface area contributed by atoms with Gasteiger partial charge < -0.3 is 14.2 Å². The molecule has 0 radical (unpaired) electrons. The van der Waals surface area contributed by atoms with Crippen molar-refractivity contribution in [3.8, 4) is 0 Å². The topological polar surface area (TPSA) is 77.8 Å². The van der Waals surface area contributed by atoms with Gasteiger partial charge in [-0.2, -0.15) is 0 Å². The molecule has 2 amide bonds. The van der Waals surface area contributed by atoms with E-state index in [1.165, 1.54) is 0 Å². The monoisotopic (exact) mass is 354 g/mol. The first-order valence-electron chi connectivity index (χ1n) is 8.90. The third-order valence-electron chi connectivity index (χ3n) is 4.99. The molecule has 7 nitrogen and oxygen atoms in total. The summed E-state index contributed by atoms with van der Waals surface area (Å²) in [7, 11) is 0. The van der Waals surface area contributed by atoms with Crippen LogP contribution in [0.25, 0.3) is 0 Å². The first-order chi connectivity index (χ1) is 12.7. The van der Waals surface area contributed by atoms with Crippen molar-refractivity contribution in [3.05, 3.63) is 60.1 Å². The van der Waals surface area contributed by atoms with Gasteiger partial charge in [-0.3, -0.25) is 9.59 Å². The van der Waals surface area contributed by atoms with Crippen LogP contribution in [0.3, 0.4) is 0 Å². The SMILES string of the molecule is O=C(c1ccccc1)N1CCN(C(=O)C2CC(c3ccco3)NN2)CC1. The van der Waals surface area contributed by atoms with Crippen LogP contribution >= 0.6 is 0 Å². The van der Waals surface area contributed by atoms with Crippen molar-refractivity contribution in [2.45, 2.75) is 18.5 Å². The van der Waals surface area contributed by atoms with Crippen LogP contribution in [0.4, 0.5) is 0 Å². The fraction of sp³-hybridized carbons (Fsp3) is 0.368. The molecule has 136 valence electrons. The van der Waals surface area contributed by atoms with Crippen molar-refractivity contribution in [1.29, 1.82) is 0 Å². The Morgan fingerprint density at radius 3 is 2.35 bits per heavy atom. The lowest BCUT2D eigenvalue weighted by molar-refractivity contribution is -0.134. The minimum absolute atomic E-state index is 0.0000950. The van der Waals surface area contributed by atoms with Crippen LogP contribution in [0.1, 0.15) is 28.6 Å². The predicted octanol–water partition coefficient (Wildman–Crippen LogP) is 1.17. The molecule has 2 unspecified atom stereocenters. The van der Waals surface area contributed by atoms with Gasteiger partial charge in [0.15, 0.2) is 0 Å². The van der Waals surface area contributed by atoms with E-state index < -0.39 is 0 Å². The summed E-state index contributed by atoms with van der Waals surface area (Å²) in [4.78, 5) is 28.9. The number of amides is 2. The number of rotatable bonds is 3. The van der Waals surface area contributed by atoms with E-state index in [1.807, 2.05) is 52.3 Å². The number of benzene rings is 1. The Morgan fingerprint density at radius 2 is 1.65 bits per heavy atom. The van der Waals surface area contributed by atoms with Gasteiger partial charge in [-0.25, -0.2) is 10.9 Å². The molecule has 2 saturated heterocycles. The van der Waals surface area contributed by atoms with Gasteiger partial charge in [-0.15, -0.1) is 0 Å². The van der Waals surface area contributed by atoms with E-state index in [0.29, 0.717) is 38.2 Å². The lowest BCUT2D eigenvalue weighted by Crippen LogP contribution is -2.54. The normalized spacial score (nSPS) is 23.2. The van der Waals surface area contributed by atoms with Gasteiger partial charge in [-0.05, 0) is 30.7 Å². The number of nitrogens with one attached hydrogen (secondary N) is 2. The second kappa shape index (κ2) is 7.31. The summed E-state index contributed by atoms with van der Waals surface area (Å²) in [6.45, 7) is 2.23. The van der Waals surface area contributed by atoms with Gasteiger partial charge in [-0.1, -0.05) is 18.2 Å². The molecule has 2 fully saturated rings. The van der Waals surface area contributed by atoms with E-state index in [9.17, 15) is 9.59 Å². The van der Waals surface area contributed by atoms with E-state index in [0.717, 1.165) is 5.76 Å². The minimum atomic E-state index is -0.276. The van der Waals surface area contributed by atoms with Crippen molar-refractivity contribution >= 4 is 11.8 Å². The summed E-state index contributed by atoms with van der Waals surface area (Å²) in [6, 6.07) is 12.7. The molecule has 1 aromatic carbocycles. The highest BCUT2D eigenvalue weighted by molar-refractivity contribution is 5.94. The first kappa shape index (κ1) is 16.8. The number of hydrazine groups is 1. The van der Waals surface area contributed by atoms with Crippen molar-refractivity contribution < 1.29 is 14.0 Å². The number of carbonyl (C=O) groups excluding carboxylic acids is 2. The Labute approximate surface area is 151 Å². The highest BCUT2D eigenvalue weighted by atomic mass is 16.3. The predicted molar refractivity (Wildman–Crippen MR) is 95.1 cm³/mol. The molecular weight excluding hydrogens is 332 g/mol.